The van der Waals surface area contributed by atoms with Gasteiger partial charge in [0.15, 0.2) is 0 Å². The van der Waals surface area contributed by atoms with Crippen LogP contribution in [-0.2, 0) is 4.79 Å². The number of carboxylic acid groups (broad SMARTS) is 1. The van der Waals surface area contributed by atoms with Crippen LogP contribution in [0.3, 0.4) is 0 Å². The Morgan fingerprint density at radius 1 is 1.24 bits per heavy atom. The van der Waals surface area contributed by atoms with Crippen LogP contribution in [0.15, 0.2) is 18.2 Å². The van der Waals surface area contributed by atoms with Crippen LogP contribution in [-0.4, -0.2) is 40.7 Å². The minimum Gasteiger partial charge on any atom is -0.508 e. The number of phenols is 1. The van der Waals surface area contributed by atoms with Crippen LogP contribution < -0.4 is 16.0 Å². The normalized spacial score (nSPS) is 13.3. The third-order valence-electron chi connectivity index (χ3n) is 2.83. The molecule has 0 atom stereocenters. The monoisotopic (exact) mass is 293 g/mol. The van der Waals surface area contributed by atoms with E-state index in [0.29, 0.717) is 0 Å². The van der Waals surface area contributed by atoms with Gasteiger partial charge in [-0.25, -0.2) is 9.59 Å². The van der Waals surface area contributed by atoms with Crippen LogP contribution in [0, 0.1) is 0 Å². The highest BCUT2D eigenvalue weighted by molar-refractivity contribution is 6.01. The lowest BCUT2D eigenvalue weighted by atomic mass is 10.1. The van der Waals surface area contributed by atoms with E-state index in [2.05, 4.69) is 16.0 Å². The van der Waals surface area contributed by atoms with Gasteiger partial charge in [-0.3, -0.25) is 4.79 Å². The smallest absolute Gasteiger partial charge is 0.337 e. The molecule has 1 saturated carbocycles. The summed E-state index contributed by atoms with van der Waals surface area (Å²) < 4.78 is 0. The Morgan fingerprint density at radius 3 is 2.57 bits per heavy atom. The molecule has 1 aromatic carbocycles. The van der Waals surface area contributed by atoms with Gasteiger partial charge in [-0.2, -0.15) is 0 Å². The van der Waals surface area contributed by atoms with E-state index in [-0.39, 0.29) is 35.5 Å². The summed E-state index contributed by atoms with van der Waals surface area (Å²) in [6, 6.07) is 3.05. The predicted molar refractivity (Wildman–Crippen MR) is 73.3 cm³/mol. The van der Waals surface area contributed by atoms with Crippen molar-refractivity contribution in [2.24, 2.45) is 0 Å². The summed E-state index contributed by atoms with van der Waals surface area (Å²) in [5.41, 5.74) is -0.215. The molecular weight excluding hydrogens is 278 g/mol. The number of aromatic carboxylic acids is 1. The summed E-state index contributed by atoms with van der Waals surface area (Å²) in [5, 5.41) is 25.6. The molecular formula is C13H15N3O5. The standard InChI is InChI=1S/C13H15N3O5/c17-8-3-4-10(9(5-8)12(19)20)16-13(21)14-6-11(18)15-7-1-2-7/h3-5,7,17H,1-2,6H2,(H,15,18)(H,19,20)(H2,14,16,21). The number of aromatic hydroxyl groups is 1. The van der Waals surface area contributed by atoms with Gasteiger partial charge in [0, 0.05) is 6.04 Å². The number of anilines is 1. The van der Waals surface area contributed by atoms with E-state index in [4.69, 9.17) is 5.11 Å². The van der Waals surface area contributed by atoms with Gasteiger partial charge in [-0.1, -0.05) is 0 Å². The van der Waals surface area contributed by atoms with Gasteiger partial charge < -0.3 is 26.2 Å². The minimum atomic E-state index is -1.28. The summed E-state index contributed by atoms with van der Waals surface area (Å²) in [6.45, 7) is -0.192. The quantitative estimate of drug-likeness (QED) is 0.505. The number of hydrogen-bond donors (Lipinski definition) is 5. The maximum Gasteiger partial charge on any atom is 0.337 e. The average Bonchev–Trinajstić information content (AvgIpc) is 3.22. The molecule has 0 aromatic heterocycles. The highest BCUT2D eigenvalue weighted by Crippen LogP contribution is 2.21. The molecule has 0 saturated heterocycles. The molecule has 0 unspecified atom stereocenters. The molecule has 0 radical (unpaired) electrons. The van der Waals surface area contributed by atoms with E-state index in [9.17, 15) is 19.5 Å². The zero-order chi connectivity index (χ0) is 15.4. The van der Waals surface area contributed by atoms with Crippen molar-refractivity contribution in [2.75, 3.05) is 11.9 Å². The van der Waals surface area contributed by atoms with E-state index in [0.717, 1.165) is 18.9 Å². The molecule has 1 aliphatic carbocycles. The second-order valence-electron chi connectivity index (χ2n) is 4.68. The van der Waals surface area contributed by atoms with Gasteiger partial charge in [-0.05, 0) is 31.0 Å². The van der Waals surface area contributed by atoms with Crippen molar-refractivity contribution in [3.05, 3.63) is 23.8 Å². The van der Waals surface area contributed by atoms with Crippen molar-refractivity contribution in [1.82, 2.24) is 10.6 Å². The Hall–Kier alpha value is -2.77. The molecule has 2 rings (SSSR count). The number of rotatable bonds is 5. The largest absolute Gasteiger partial charge is 0.508 e. The lowest BCUT2D eigenvalue weighted by Crippen LogP contribution is -2.39. The average molecular weight is 293 g/mol. The third kappa shape index (κ3) is 4.37. The number of hydrogen-bond acceptors (Lipinski definition) is 4. The SMILES string of the molecule is O=C(CNC(=O)Nc1ccc(O)cc1C(=O)O)NC1CC1. The van der Waals surface area contributed by atoms with Gasteiger partial charge in [0.2, 0.25) is 5.91 Å². The first-order valence-corrected chi connectivity index (χ1v) is 6.36. The Labute approximate surface area is 120 Å². The molecule has 0 bridgehead atoms. The Balaban J connectivity index is 1.89. The third-order valence-corrected chi connectivity index (χ3v) is 2.83. The molecule has 8 nitrogen and oxygen atoms in total. The molecule has 0 spiro atoms. The number of urea groups is 1. The van der Waals surface area contributed by atoms with E-state index in [1.54, 1.807) is 0 Å². The van der Waals surface area contributed by atoms with Crippen molar-refractivity contribution in [2.45, 2.75) is 18.9 Å². The molecule has 0 heterocycles. The number of carboxylic acids is 1. The first kappa shape index (κ1) is 14.6. The fourth-order valence-electron chi connectivity index (χ4n) is 1.65. The highest BCUT2D eigenvalue weighted by Gasteiger charge is 2.23. The van der Waals surface area contributed by atoms with Gasteiger partial charge >= 0.3 is 12.0 Å². The van der Waals surface area contributed by atoms with Crippen molar-refractivity contribution < 1.29 is 24.6 Å². The first-order chi connectivity index (χ1) is 9.95. The zero-order valence-electron chi connectivity index (χ0n) is 11.0. The predicted octanol–water partition coefficient (Wildman–Crippen LogP) is 0.490. The summed E-state index contributed by atoms with van der Waals surface area (Å²) in [7, 11) is 0. The summed E-state index contributed by atoms with van der Waals surface area (Å²) in [4.78, 5) is 34.0. The maximum absolute atomic E-state index is 11.6. The maximum atomic E-state index is 11.6. The summed E-state index contributed by atoms with van der Waals surface area (Å²) >= 11 is 0. The van der Waals surface area contributed by atoms with Crippen LogP contribution >= 0.6 is 0 Å². The molecule has 1 fully saturated rings. The number of benzene rings is 1. The molecule has 0 aliphatic heterocycles. The molecule has 1 aromatic rings. The van der Waals surface area contributed by atoms with Crippen molar-refractivity contribution in [1.29, 1.82) is 0 Å². The molecule has 8 heteroatoms. The number of amides is 3. The van der Waals surface area contributed by atoms with Gasteiger partial charge in [-0.15, -0.1) is 0 Å². The van der Waals surface area contributed by atoms with Crippen LogP contribution in [0.5, 0.6) is 5.75 Å². The fraction of sp³-hybridized carbons (Fsp3) is 0.308. The number of phenolic OH excluding ortho intramolecular Hbond substituents is 1. The Bertz CT molecular complexity index is 583. The van der Waals surface area contributed by atoms with Crippen LogP contribution in [0.1, 0.15) is 23.2 Å². The zero-order valence-corrected chi connectivity index (χ0v) is 11.0. The molecule has 3 amide bonds. The topological polar surface area (TPSA) is 128 Å². The number of carbonyl (C=O) groups is 3. The van der Waals surface area contributed by atoms with Gasteiger partial charge in [0.25, 0.3) is 0 Å². The van der Waals surface area contributed by atoms with E-state index < -0.39 is 12.0 Å². The second-order valence-corrected chi connectivity index (χ2v) is 4.68. The van der Waals surface area contributed by atoms with E-state index >= 15 is 0 Å². The molecule has 5 N–H and O–H groups in total. The molecule has 21 heavy (non-hydrogen) atoms. The van der Waals surface area contributed by atoms with Crippen molar-refractivity contribution >= 4 is 23.6 Å². The van der Waals surface area contributed by atoms with Gasteiger partial charge in [0.05, 0.1) is 17.8 Å². The summed E-state index contributed by atoms with van der Waals surface area (Å²) in [6.07, 6.45) is 1.90. The Kier molecular flexibility index (Phi) is 4.27. The molecule has 1 aliphatic rings. The van der Waals surface area contributed by atoms with Gasteiger partial charge in [0.1, 0.15) is 5.75 Å². The number of nitrogens with one attached hydrogen (secondary N) is 3. The van der Waals surface area contributed by atoms with Crippen LogP contribution in [0.4, 0.5) is 10.5 Å². The second kappa shape index (κ2) is 6.12. The van der Waals surface area contributed by atoms with E-state index in [1.807, 2.05) is 0 Å². The highest BCUT2D eigenvalue weighted by atomic mass is 16.4. The van der Waals surface area contributed by atoms with Crippen LogP contribution in [0.2, 0.25) is 0 Å². The minimum absolute atomic E-state index is 0.0281. The summed E-state index contributed by atoms with van der Waals surface area (Å²) in [5.74, 6) is -1.80. The van der Waals surface area contributed by atoms with Crippen LogP contribution in [0.25, 0.3) is 0 Å². The van der Waals surface area contributed by atoms with Crippen molar-refractivity contribution in [3.63, 3.8) is 0 Å². The van der Waals surface area contributed by atoms with E-state index in [1.165, 1.54) is 12.1 Å². The Morgan fingerprint density at radius 2 is 1.95 bits per heavy atom. The first-order valence-electron chi connectivity index (χ1n) is 6.36. The number of carbonyl (C=O) groups excluding carboxylic acids is 2. The lowest BCUT2D eigenvalue weighted by molar-refractivity contribution is -0.120. The fourth-order valence-corrected chi connectivity index (χ4v) is 1.65. The molecule has 112 valence electrons. The lowest BCUT2D eigenvalue weighted by Gasteiger charge is -2.10. The van der Waals surface area contributed by atoms with Crippen molar-refractivity contribution in [3.8, 4) is 5.75 Å².